The average molecular weight is 454 g/mol. The molecule has 32 heavy (non-hydrogen) atoms. The summed E-state index contributed by atoms with van der Waals surface area (Å²) < 4.78 is 81.8. The van der Waals surface area contributed by atoms with Crippen LogP contribution in [0, 0.1) is 11.6 Å². The van der Waals surface area contributed by atoms with Crippen molar-refractivity contribution in [3.8, 4) is 16.9 Å². The number of aryl methyl sites for hydroxylation is 1. The van der Waals surface area contributed by atoms with Gasteiger partial charge in [0.1, 0.15) is 11.9 Å². The summed E-state index contributed by atoms with van der Waals surface area (Å²) in [6, 6.07) is 5.83. The SMILES string of the molecule is CCOc1ccc2c(c1F)C(F)C(F)c1c-2ccc(CCC2OCC(OCC)CO2)c1F. The van der Waals surface area contributed by atoms with E-state index in [9.17, 15) is 8.78 Å². The van der Waals surface area contributed by atoms with Gasteiger partial charge in [0.25, 0.3) is 0 Å². The van der Waals surface area contributed by atoms with Crippen LogP contribution in [0.3, 0.4) is 0 Å². The molecule has 0 N–H and O–H groups in total. The topological polar surface area (TPSA) is 36.9 Å². The number of alkyl halides is 2. The third kappa shape index (κ3) is 4.23. The Hall–Kier alpha value is -2.16. The van der Waals surface area contributed by atoms with Gasteiger partial charge in [-0.2, -0.15) is 0 Å². The summed E-state index contributed by atoms with van der Waals surface area (Å²) in [6.45, 7) is 5.05. The Morgan fingerprint density at radius 1 is 0.875 bits per heavy atom. The lowest BCUT2D eigenvalue weighted by atomic mass is 9.81. The molecule has 4 nitrogen and oxygen atoms in total. The number of fused-ring (bicyclic) bond motifs is 3. The Labute approximate surface area is 184 Å². The van der Waals surface area contributed by atoms with Gasteiger partial charge < -0.3 is 18.9 Å². The first-order valence-electron chi connectivity index (χ1n) is 10.9. The number of hydrogen-bond acceptors (Lipinski definition) is 4. The van der Waals surface area contributed by atoms with Gasteiger partial charge in [-0.05, 0) is 43.0 Å². The maximum atomic E-state index is 15.3. The van der Waals surface area contributed by atoms with Crippen molar-refractivity contribution in [3.05, 3.63) is 52.6 Å². The molecule has 0 amide bonds. The Balaban J connectivity index is 1.56. The highest BCUT2D eigenvalue weighted by molar-refractivity contribution is 5.76. The fourth-order valence-corrected chi connectivity index (χ4v) is 4.27. The molecule has 2 aromatic rings. The van der Waals surface area contributed by atoms with Gasteiger partial charge >= 0.3 is 0 Å². The number of halogens is 4. The molecule has 1 aliphatic heterocycles. The molecule has 0 saturated carbocycles. The lowest BCUT2D eigenvalue weighted by molar-refractivity contribution is -0.227. The number of ether oxygens (including phenoxy) is 4. The highest BCUT2D eigenvalue weighted by Gasteiger charge is 2.40. The molecule has 2 atom stereocenters. The van der Waals surface area contributed by atoms with Crippen LogP contribution in [-0.4, -0.2) is 38.8 Å². The van der Waals surface area contributed by atoms with Gasteiger partial charge in [0, 0.05) is 24.2 Å². The van der Waals surface area contributed by atoms with Gasteiger partial charge in [-0.15, -0.1) is 0 Å². The van der Waals surface area contributed by atoms with Crippen molar-refractivity contribution in [1.82, 2.24) is 0 Å². The fourth-order valence-electron chi connectivity index (χ4n) is 4.27. The first kappa shape index (κ1) is 23.0. The third-order valence-electron chi connectivity index (χ3n) is 5.79. The molecule has 0 bridgehead atoms. The summed E-state index contributed by atoms with van der Waals surface area (Å²) in [5.41, 5.74) is -0.306. The Bertz CT molecular complexity index is 960. The summed E-state index contributed by atoms with van der Waals surface area (Å²) in [6.07, 6.45) is -4.73. The maximum Gasteiger partial charge on any atom is 0.171 e. The zero-order valence-electron chi connectivity index (χ0n) is 18.0. The van der Waals surface area contributed by atoms with E-state index in [4.69, 9.17) is 18.9 Å². The second kappa shape index (κ2) is 9.77. The van der Waals surface area contributed by atoms with E-state index in [1.165, 1.54) is 24.3 Å². The van der Waals surface area contributed by atoms with E-state index in [-0.39, 0.29) is 47.1 Å². The molecule has 0 spiro atoms. The van der Waals surface area contributed by atoms with Crippen LogP contribution >= 0.6 is 0 Å². The number of hydrogen-bond donors (Lipinski definition) is 0. The first-order valence-corrected chi connectivity index (χ1v) is 10.9. The van der Waals surface area contributed by atoms with Crippen molar-refractivity contribution in [2.24, 2.45) is 0 Å². The van der Waals surface area contributed by atoms with Gasteiger partial charge in [-0.25, -0.2) is 17.6 Å². The molecule has 2 aromatic carbocycles. The predicted octanol–water partition coefficient (Wildman–Crippen LogP) is 5.78. The fraction of sp³-hybridized carbons (Fsp3) is 0.500. The normalized spacial score (nSPS) is 24.7. The summed E-state index contributed by atoms with van der Waals surface area (Å²) in [4.78, 5) is 0. The summed E-state index contributed by atoms with van der Waals surface area (Å²) in [7, 11) is 0. The zero-order valence-corrected chi connectivity index (χ0v) is 18.0. The molecule has 0 radical (unpaired) electrons. The standard InChI is InChI=1S/C24H26F4O4/c1-3-29-14-11-31-18(32-12-14)10-6-13-5-7-15-16-8-9-17(30-4-2)22(26)20(16)24(28)23(27)19(15)21(13)25/h5,7-9,14,18,23-24H,3-4,6,10-12H2,1-2H3. The minimum Gasteiger partial charge on any atom is -0.491 e. The van der Waals surface area contributed by atoms with E-state index in [1.807, 2.05) is 6.92 Å². The molecule has 2 aliphatic rings. The van der Waals surface area contributed by atoms with E-state index in [2.05, 4.69) is 0 Å². The van der Waals surface area contributed by atoms with E-state index in [1.54, 1.807) is 6.92 Å². The van der Waals surface area contributed by atoms with Gasteiger partial charge in [0.15, 0.2) is 30.2 Å². The Kier molecular flexibility index (Phi) is 7.02. The molecule has 1 aliphatic carbocycles. The average Bonchev–Trinajstić information content (AvgIpc) is 2.79. The monoisotopic (exact) mass is 454 g/mol. The second-order valence-electron chi connectivity index (χ2n) is 7.79. The van der Waals surface area contributed by atoms with Crippen LogP contribution in [0.2, 0.25) is 0 Å². The minimum atomic E-state index is -2.33. The van der Waals surface area contributed by atoms with E-state index in [0.717, 1.165) is 0 Å². The van der Waals surface area contributed by atoms with Gasteiger partial charge in [-0.3, -0.25) is 0 Å². The van der Waals surface area contributed by atoms with Crippen LogP contribution in [0.1, 0.15) is 49.3 Å². The molecule has 1 heterocycles. The molecule has 1 fully saturated rings. The highest BCUT2D eigenvalue weighted by atomic mass is 19.2. The Morgan fingerprint density at radius 2 is 1.50 bits per heavy atom. The van der Waals surface area contributed by atoms with Crippen LogP contribution in [0.15, 0.2) is 24.3 Å². The van der Waals surface area contributed by atoms with Gasteiger partial charge in [0.05, 0.1) is 19.8 Å². The molecule has 4 rings (SSSR count). The summed E-state index contributed by atoms with van der Waals surface area (Å²) in [5, 5.41) is 0. The number of rotatable bonds is 7. The molecule has 174 valence electrons. The van der Waals surface area contributed by atoms with Crippen LogP contribution in [0.25, 0.3) is 11.1 Å². The van der Waals surface area contributed by atoms with Crippen molar-refractivity contribution in [3.63, 3.8) is 0 Å². The maximum absolute atomic E-state index is 15.3. The third-order valence-corrected chi connectivity index (χ3v) is 5.79. The minimum absolute atomic E-state index is 0.130. The lowest BCUT2D eigenvalue weighted by Gasteiger charge is -2.30. The van der Waals surface area contributed by atoms with Crippen LogP contribution in [-0.2, 0) is 20.6 Å². The van der Waals surface area contributed by atoms with Crippen LogP contribution < -0.4 is 4.74 Å². The van der Waals surface area contributed by atoms with Crippen molar-refractivity contribution in [2.75, 3.05) is 26.4 Å². The molecular formula is C24H26F4O4. The summed E-state index contributed by atoms with van der Waals surface area (Å²) in [5.74, 6) is -1.92. The molecular weight excluding hydrogens is 428 g/mol. The largest absolute Gasteiger partial charge is 0.491 e. The molecule has 8 heteroatoms. The van der Waals surface area contributed by atoms with Crippen molar-refractivity contribution in [2.45, 2.75) is 51.4 Å². The Morgan fingerprint density at radius 3 is 2.12 bits per heavy atom. The summed E-state index contributed by atoms with van der Waals surface area (Å²) >= 11 is 0. The van der Waals surface area contributed by atoms with Crippen LogP contribution in [0.5, 0.6) is 5.75 Å². The first-order chi connectivity index (χ1) is 15.5. The van der Waals surface area contributed by atoms with Crippen molar-refractivity contribution >= 4 is 0 Å². The van der Waals surface area contributed by atoms with Gasteiger partial charge in [0.2, 0.25) is 0 Å². The van der Waals surface area contributed by atoms with Crippen molar-refractivity contribution in [1.29, 1.82) is 0 Å². The highest BCUT2D eigenvalue weighted by Crippen LogP contribution is 2.51. The van der Waals surface area contributed by atoms with E-state index >= 15 is 8.78 Å². The smallest absolute Gasteiger partial charge is 0.171 e. The number of benzene rings is 2. The van der Waals surface area contributed by atoms with E-state index in [0.29, 0.717) is 26.2 Å². The van der Waals surface area contributed by atoms with Crippen LogP contribution in [0.4, 0.5) is 17.6 Å². The van der Waals surface area contributed by atoms with Gasteiger partial charge in [-0.1, -0.05) is 18.2 Å². The van der Waals surface area contributed by atoms with Crippen molar-refractivity contribution < 1.29 is 36.5 Å². The van der Waals surface area contributed by atoms with E-state index < -0.39 is 35.8 Å². The zero-order chi connectivity index (χ0) is 22.8. The predicted molar refractivity (Wildman–Crippen MR) is 110 cm³/mol. The molecule has 2 unspecified atom stereocenters. The quantitative estimate of drug-likeness (QED) is 0.498. The molecule has 1 saturated heterocycles. The second-order valence-corrected chi connectivity index (χ2v) is 7.79. The molecule has 0 aromatic heterocycles. The lowest BCUT2D eigenvalue weighted by Crippen LogP contribution is -2.37.